The zero-order valence-electron chi connectivity index (χ0n) is 22.1. The van der Waals surface area contributed by atoms with Crippen LogP contribution in [-0.4, -0.2) is 49.3 Å². The first-order valence-corrected chi connectivity index (χ1v) is 13.5. The van der Waals surface area contributed by atoms with Gasteiger partial charge in [-0.2, -0.15) is 0 Å². The van der Waals surface area contributed by atoms with Crippen molar-refractivity contribution >= 4 is 32.4 Å². The summed E-state index contributed by atoms with van der Waals surface area (Å²) in [6.07, 6.45) is 0. The van der Waals surface area contributed by atoms with Crippen molar-refractivity contribution in [3.63, 3.8) is 0 Å². The average molecular weight is 551 g/mol. The number of carbonyl (C=O) groups is 1. The lowest BCUT2D eigenvalue weighted by Crippen LogP contribution is -2.41. The molecule has 4 aromatic carbocycles. The fourth-order valence-electron chi connectivity index (χ4n) is 4.22. The predicted molar refractivity (Wildman–Crippen MR) is 149 cm³/mol. The SMILES string of the molecule is COc1ccc(OC)c(N(CC(=O)NCc2cccc3ccccc23)S(=O)(=O)c2ccc(OC)c(OC)c2)c1. The van der Waals surface area contributed by atoms with Crippen LogP contribution in [0.15, 0.2) is 83.8 Å². The first-order valence-electron chi connectivity index (χ1n) is 12.0. The number of hydrogen-bond acceptors (Lipinski definition) is 7. The normalized spacial score (nSPS) is 11.1. The summed E-state index contributed by atoms with van der Waals surface area (Å²) in [6, 6.07) is 22.7. The molecule has 0 aromatic heterocycles. The second-order valence-corrected chi connectivity index (χ2v) is 10.3. The molecule has 0 aliphatic carbocycles. The quantitative estimate of drug-likeness (QED) is 0.296. The molecule has 1 N–H and O–H groups in total. The Labute approximate surface area is 227 Å². The molecule has 204 valence electrons. The van der Waals surface area contributed by atoms with Gasteiger partial charge in [0.15, 0.2) is 11.5 Å². The van der Waals surface area contributed by atoms with E-state index in [0.29, 0.717) is 11.5 Å². The smallest absolute Gasteiger partial charge is 0.265 e. The van der Waals surface area contributed by atoms with Crippen LogP contribution in [0.2, 0.25) is 0 Å². The molecular weight excluding hydrogens is 520 g/mol. The third kappa shape index (κ3) is 5.85. The van der Waals surface area contributed by atoms with Crippen molar-refractivity contribution in [1.82, 2.24) is 5.32 Å². The number of carbonyl (C=O) groups excluding carboxylic acids is 1. The van der Waals surface area contributed by atoms with Crippen molar-refractivity contribution in [3.8, 4) is 23.0 Å². The summed E-state index contributed by atoms with van der Waals surface area (Å²) in [4.78, 5) is 13.2. The predicted octanol–water partition coefficient (Wildman–Crippen LogP) is 4.39. The van der Waals surface area contributed by atoms with Gasteiger partial charge in [0.05, 0.1) is 39.0 Å². The number of sulfonamides is 1. The fraction of sp³-hybridized carbons (Fsp3) is 0.207. The molecule has 9 nitrogen and oxygen atoms in total. The number of nitrogens with zero attached hydrogens (tertiary/aromatic N) is 1. The Balaban J connectivity index is 1.71. The summed E-state index contributed by atoms with van der Waals surface area (Å²) in [5, 5.41) is 4.91. The Kier molecular flexibility index (Phi) is 8.46. The van der Waals surface area contributed by atoms with Crippen molar-refractivity contribution in [2.75, 3.05) is 39.3 Å². The summed E-state index contributed by atoms with van der Waals surface area (Å²) in [5.74, 6) is 0.749. The molecule has 10 heteroatoms. The van der Waals surface area contributed by atoms with Gasteiger partial charge in [-0.25, -0.2) is 8.42 Å². The number of benzene rings is 4. The van der Waals surface area contributed by atoms with E-state index in [4.69, 9.17) is 18.9 Å². The molecule has 0 heterocycles. The van der Waals surface area contributed by atoms with Crippen molar-refractivity contribution in [3.05, 3.63) is 84.4 Å². The second-order valence-electron chi connectivity index (χ2n) is 8.48. The standard InChI is InChI=1S/C29H30N2O7S/c1-35-22-12-14-26(36-2)25(16-22)31(39(33,34)23-13-15-27(37-3)28(17-23)38-4)19-29(32)30-18-21-10-7-9-20-8-5-6-11-24(20)21/h5-17H,18-19H2,1-4H3,(H,30,32). The van der Waals surface area contributed by atoms with Gasteiger partial charge in [0, 0.05) is 18.7 Å². The van der Waals surface area contributed by atoms with Crippen LogP contribution >= 0.6 is 0 Å². The van der Waals surface area contributed by atoms with E-state index in [1.165, 1.54) is 52.7 Å². The van der Waals surface area contributed by atoms with Crippen molar-refractivity contribution in [2.45, 2.75) is 11.4 Å². The zero-order chi connectivity index (χ0) is 28.0. The van der Waals surface area contributed by atoms with Crippen molar-refractivity contribution in [2.24, 2.45) is 0 Å². The highest BCUT2D eigenvalue weighted by molar-refractivity contribution is 7.92. The summed E-state index contributed by atoms with van der Waals surface area (Å²) in [7, 11) is 1.48. The number of hydrogen-bond donors (Lipinski definition) is 1. The number of fused-ring (bicyclic) bond motifs is 1. The highest BCUT2D eigenvalue weighted by Crippen LogP contribution is 2.37. The number of nitrogens with one attached hydrogen (secondary N) is 1. The second kappa shape index (κ2) is 12.0. The van der Waals surface area contributed by atoms with Gasteiger partial charge in [0.2, 0.25) is 5.91 Å². The number of rotatable bonds is 11. The van der Waals surface area contributed by atoms with Crippen LogP contribution < -0.4 is 28.6 Å². The van der Waals surface area contributed by atoms with Gasteiger partial charge in [0.1, 0.15) is 18.0 Å². The lowest BCUT2D eigenvalue weighted by Gasteiger charge is -2.26. The maximum atomic E-state index is 14.0. The van der Waals surface area contributed by atoms with Gasteiger partial charge in [-0.05, 0) is 40.6 Å². The first-order chi connectivity index (χ1) is 18.8. The summed E-state index contributed by atoms with van der Waals surface area (Å²) < 4.78 is 50.4. The van der Waals surface area contributed by atoms with E-state index >= 15 is 0 Å². The maximum absolute atomic E-state index is 14.0. The molecule has 0 fully saturated rings. The van der Waals surface area contributed by atoms with E-state index < -0.39 is 22.5 Å². The van der Waals surface area contributed by atoms with Gasteiger partial charge < -0.3 is 24.3 Å². The summed E-state index contributed by atoms with van der Waals surface area (Å²) in [5.41, 5.74) is 1.06. The molecule has 0 bridgehead atoms. The Hall–Kier alpha value is -4.44. The average Bonchev–Trinajstić information content (AvgIpc) is 2.97. The minimum Gasteiger partial charge on any atom is -0.497 e. The van der Waals surface area contributed by atoms with E-state index in [-0.39, 0.29) is 28.6 Å². The van der Waals surface area contributed by atoms with Crippen molar-refractivity contribution in [1.29, 1.82) is 0 Å². The third-order valence-corrected chi connectivity index (χ3v) is 8.00. The van der Waals surface area contributed by atoms with E-state index in [0.717, 1.165) is 20.6 Å². The molecule has 4 aromatic rings. The molecule has 0 aliphatic rings. The summed E-state index contributed by atoms with van der Waals surface area (Å²) in [6.45, 7) is -0.287. The number of ether oxygens (including phenoxy) is 4. The Morgan fingerprint density at radius 1 is 0.769 bits per heavy atom. The monoisotopic (exact) mass is 550 g/mol. The topological polar surface area (TPSA) is 103 Å². The largest absolute Gasteiger partial charge is 0.497 e. The fourth-order valence-corrected chi connectivity index (χ4v) is 5.66. The number of anilines is 1. The molecule has 0 aliphatic heterocycles. The minimum absolute atomic E-state index is 0.0909. The number of amides is 1. The lowest BCUT2D eigenvalue weighted by atomic mass is 10.0. The van der Waals surface area contributed by atoms with E-state index in [1.54, 1.807) is 12.1 Å². The van der Waals surface area contributed by atoms with Crippen LogP contribution in [0.5, 0.6) is 23.0 Å². The molecule has 0 saturated carbocycles. The molecule has 39 heavy (non-hydrogen) atoms. The van der Waals surface area contributed by atoms with Crippen LogP contribution in [0.3, 0.4) is 0 Å². The summed E-state index contributed by atoms with van der Waals surface area (Å²) >= 11 is 0. The molecular formula is C29H30N2O7S. The number of methoxy groups -OCH3 is 4. The molecule has 1 amide bonds. The van der Waals surface area contributed by atoms with Crippen LogP contribution in [-0.2, 0) is 21.4 Å². The molecule has 0 atom stereocenters. The van der Waals surface area contributed by atoms with Gasteiger partial charge in [-0.1, -0.05) is 42.5 Å². The van der Waals surface area contributed by atoms with Gasteiger partial charge in [0.25, 0.3) is 10.0 Å². The third-order valence-electron chi connectivity index (χ3n) is 6.24. The zero-order valence-corrected chi connectivity index (χ0v) is 22.9. The van der Waals surface area contributed by atoms with Gasteiger partial charge in [-0.3, -0.25) is 9.10 Å². The van der Waals surface area contributed by atoms with Crippen LogP contribution in [0.25, 0.3) is 10.8 Å². The lowest BCUT2D eigenvalue weighted by molar-refractivity contribution is -0.119. The maximum Gasteiger partial charge on any atom is 0.265 e. The van der Waals surface area contributed by atoms with Crippen LogP contribution in [0, 0.1) is 0 Å². The Morgan fingerprint density at radius 3 is 2.18 bits per heavy atom. The van der Waals surface area contributed by atoms with Crippen molar-refractivity contribution < 1.29 is 32.2 Å². The van der Waals surface area contributed by atoms with E-state index in [9.17, 15) is 13.2 Å². The highest BCUT2D eigenvalue weighted by atomic mass is 32.2. The highest BCUT2D eigenvalue weighted by Gasteiger charge is 2.31. The molecule has 0 unspecified atom stereocenters. The first kappa shape index (κ1) is 27.6. The van der Waals surface area contributed by atoms with E-state index in [2.05, 4.69) is 5.32 Å². The van der Waals surface area contributed by atoms with Crippen LogP contribution in [0.1, 0.15) is 5.56 Å². The molecule has 0 saturated heterocycles. The van der Waals surface area contributed by atoms with Gasteiger partial charge in [-0.15, -0.1) is 0 Å². The minimum atomic E-state index is -4.28. The Morgan fingerprint density at radius 2 is 1.46 bits per heavy atom. The van der Waals surface area contributed by atoms with Crippen LogP contribution in [0.4, 0.5) is 5.69 Å². The molecule has 0 radical (unpaired) electrons. The molecule has 4 rings (SSSR count). The Bertz CT molecular complexity index is 1580. The molecule has 0 spiro atoms. The van der Waals surface area contributed by atoms with Gasteiger partial charge >= 0.3 is 0 Å². The van der Waals surface area contributed by atoms with E-state index in [1.807, 2.05) is 42.5 Å².